The van der Waals surface area contributed by atoms with Gasteiger partial charge in [-0.15, -0.1) is 0 Å². The number of ether oxygens (including phenoxy) is 1. The van der Waals surface area contributed by atoms with Crippen molar-refractivity contribution in [1.29, 1.82) is 0 Å². The fourth-order valence-corrected chi connectivity index (χ4v) is 1.84. The minimum atomic E-state index is -4.45. The zero-order valence-electron chi connectivity index (χ0n) is 13.7. The van der Waals surface area contributed by atoms with Gasteiger partial charge in [0.05, 0.1) is 12.3 Å². The molecule has 2 rings (SSSR count). The Morgan fingerprint density at radius 3 is 2.88 bits per heavy atom. The van der Waals surface area contributed by atoms with E-state index >= 15 is 0 Å². The van der Waals surface area contributed by atoms with Crippen LogP contribution in [0.2, 0.25) is 0 Å². The second-order valence-corrected chi connectivity index (χ2v) is 5.09. The maximum Gasteiger partial charge on any atom is 0.408 e. The zero-order chi connectivity index (χ0) is 19.2. The highest BCUT2D eigenvalue weighted by Gasteiger charge is 2.26. The quantitative estimate of drug-likeness (QED) is 0.505. The summed E-state index contributed by atoms with van der Waals surface area (Å²) in [5.41, 5.74) is 5.65. The molecule has 0 aliphatic carbocycles. The fraction of sp³-hybridized carbons (Fsp3) is 0.357. The number of nitrogens with one attached hydrogen (secondary N) is 2. The molecule has 0 aliphatic heterocycles. The third-order valence-corrected chi connectivity index (χ3v) is 2.82. The van der Waals surface area contributed by atoms with Crippen LogP contribution in [0, 0.1) is 6.92 Å². The van der Waals surface area contributed by atoms with E-state index in [9.17, 15) is 18.0 Å². The Morgan fingerprint density at radius 2 is 2.19 bits per heavy atom. The molecule has 0 saturated heterocycles. The number of anilines is 1. The van der Waals surface area contributed by atoms with E-state index in [1.165, 1.54) is 18.3 Å². The van der Waals surface area contributed by atoms with Crippen LogP contribution in [0.5, 0.6) is 6.01 Å². The molecule has 0 bridgehead atoms. The van der Waals surface area contributed by atoms with E-state index in [4.69, 9.17) is 10.5 Å². The normalized spacial score (nSPS) is 12.1. The van der Waals surface area contributed by atoms with Crippen LogP contribution in [-0.2, 0) is 6.42 Å². The molecule has 0 aromatic carbocycles. The SMILES string of the molecule is Cc1nc(CCOc2nccc(NC(N)=NCC(F)(F)F)n2)cc(=O)[nH]1. The van der Waals surface area contributed by atoms with Crippen molar-refractivity contribution in [3.8, 4) is 6.01 Å². The molecule has 2 aromatic heterocycles. The van der Waals surface area contributed by atoms with Crippen LogP contribution in [0.3, 0.4) is 0 Å². The number of nitrogens with zero attached hydrogens (tertiary/aromatic N) is 4. The number of aliphatic imine (C=N–C) groups is 1. The second kappa shape index (κ2) is 8.27. The van der Waals surface area contributed by atoms with Crippen LogP contribution in [0.1, 0.15) is 11.5 Å². The Balaban J connectivity index is 1.91. The van der Waals surface area contributed by atoms with Gasteiger partial charge in [0.25, 0.3) is 5.56 Å². The van der Waals surface area contributed by atoms with Crippen molar-refractivity contribution in [3.63, 3.8) is 0 Å². The predicted molar refractivity (Wildman–Crippen MR) is 87.0 cm³/mol. The van der Waals surface area contributed by atoms with Crippen LogP contribution in [0.4, 0.5) is 19.0 Å². The average molecular weight is 371 g/mol. The van der Waals surface area contributed by atoms with Crippen molar-refractivity contribution in [1.82, 2.24) is 19.9 Å². The van der Waals surface area contributed by atoms with Gasteiger partial charge in [-0.25, -0.2) is 15.0 Å². The Kier molecular flexibility index (Phi) is 6.09. The number of hydrogen-bond acceptors (Lipinski definition) is 6. The maximum absolute atomic E-state index is 12.1. The van der Waals surface area contributed by atoms with Crippen LogP contribution >= 0.6 is 0 Å². The lowest BCUT2D eigenvalue weighted by Gasteiger charge is -2.08. The molecule has 26 heavy (non-hydrogen) atoms. The van der Waals surface area contributed by atoms with Gasteiger partial charge in [0.1, 0.15) is 18.2 Å². The van der Waals surface area contributed by atoms with E-state index in [1.54, 1.807) is 6.92 Å². The van der Waals surface area contributed by atoms with Crippen molar-refractivity contribution >= 4 is 11.8 Å². The van der Waals surface area contributed by atoms with Crippen molar-refractivity contribution in [3.05, 3.63) is 40.2 Å². The van der Waals surface area contributed by atoms with Gasteiger partial charge in [-0.2, -0.15) is 18.2 Å². The standard InChI is InChI=1S/C14H16F3N7O2/c1-8-21-9(6-11(25)22-8)3-5-26-13-19-4-2-10(24-13)23-12(18)20-7-14(15,16)17/h2,4,6H,3,5,7H2,1H3,(H,21,22,25)(H3,18,19,20,23,24). The Labute approximate surface area is 145 Å². The Hall–Kier alpha value is -3.18. The lowest BCUT2D eigenvalue weighted by molar-refractivity contribution is -0.118. The minimum absolute atomic E-state index is 0.0137. The molecule has 12 heteroatoms. The highest BCUT2D eigenvalue weighted by atomic mass is 19.4. The number of halogens is 3. The lowest BCUT2D eigenvalue weighted by Crippen LogP contribution is -2.26. The summed E-state index contributed by atoms with van der Waals surface area (Å²) in [6.45, 7) is 0.411. The first-order valence-corrected chi connectivity index (χ1v) is 7.38. The number of hydrogen-bond donors (Lipinski definition) is 3. The Bertz CT molecular complexity index is 836. The zero-order valence-corrected chi connectivity index (χ0v) is 13.7. The summed E-state index contributed by atoms with van der Waals surface area (Å²) >= 11 is 0. The molecule has 0 unspecified atom stereocenters. The Morgan fingerprint density at radius 1 is 1.42 bits per heavy atom. The predicted octanol–water partition coefficient (Wildman–Crippen LogP) is 0.779. The molecule has 140 valence electrons. The van der Waals surface area contributed by atoms with Gasteiger partial charge < -0.3 is 20.8 Å². The van der Waals surface area contributed by atoms with Crippen LogP contribution < -0.4 is 21.3 Å². The fourth-order valence-electron chi connectivity index (χ4n) is 1.84. The summed E-state index contributed by atoms with van der Waals surface area (Å²) in [4.78, 5) is 29.0. The topological polar surface area (TPSA) is 131 Å². The molecule has 2 heterocycles. The first-order chi connectivity index (χ1) is 12.2. The number of alkyl halides is 3. The first-order valence-electron chi connectivity index (χ1n) is 7.38. The summed E-state index contributed by atoms with van der Waals surface area (Å²) in [6.07, 6.45) is -2.75. The van der Waals surface area contributed by atoms with Crippen molar-refractivity contribution < 1.29 is 17.9 Å². The maximum atomic E-state index is 12.1. The van der Waals surface area contributed by atoms with Crippen molar-refractivity contribution in [2.45, 2.75) is 19.5 Å². The number of rotatable bonds is 6. The summed E-state index contributed by atoms with van der Waals surface area (Å²) < 4.78 is 41.6. The minimum Gasteiger partial charge on any atom is -0.463 e. The van der Waals surface area contributed by atoms with Crippen molar-refractivity contribution in [2.75, 3.05) is 18.5 Å². The van der Waals surface area contributed by atoms with Gasteiger partial charge in [0.15, 0.2) is 5.96 Å². The number of nitrogens with two attached hydrogens (primary N) is 1. The molecule has 0 fully saturated rings. The molecule has 0 amide bonds. The third kappa shape index (κ3) is 6.75. The molecular weight excluding hydrogens is 355 g/mol. The van der Waals surface area contributed by atoms with Gasteiger partial charge >= 0.3 is 12.2 Å². The van der Waals surface area contributed by atoms with Gasteiger partial charge in [0, 0.05) is 18.7 Å². The molecule has 0 radical (unpaired) electrons. The molecule has 9 nitrogen and oxygen atoms in total. The molecular formula is C14H16F3N7O2. The van der Waals surface area contributed by atoms with Crippen molar-refractivity contribution in [2.24, 2.45) is 10.7 Å². The monoisotopic (exact) mass is 371 g/mol. The number of guanidine groups is 1. The smallest absolute Gasteiger partial charge is 0.408 e. The van der Waals surface area contributed by atoms with E-state index in [0.717, 1.165) is 0 Å². The van der Waals surface area contributed by atoms with E-state index in [2.05, 4.69) is 30.2 Å². The molecule has 0 spiro atoms. The molecule has 0 saturated carbocycles. The largest absolute Gasteiger partial charge is 0.463 e. The summed E-state index contributed by atoms with van der Waals surface area (Å²) in [6, 6.07) is 2.73. The van der Waals surface area contributed by atoms with Gasteiger partial charge in [-0.3, -0.25) is 4.79 Å². The highest BCUT2D eigenvalue weighted by molar-refractivity contribution is 5.91. The molecule has 0 atom stereocenters. The number of aromatic amines is 1. The van der Waals surface area contributed by atoms with E-state index in [-0.39, 0.29) is 24.0 Å². The van der Waals surface area contributed by atoms with Crippen LogP contribution in [0.25, 0.3) is 0 Å². The van der Waals surface area contributed by atoms with Gasteiger partial charge in [-0.1, -0.05) is 0 Å². The van der Waals surface area contributed by atoms with Gasteiger partial charge in [0.2, 0.25) is 0 Å². The van der Waals surface area contributed by atoms with Gasteiger partial charge in [-0.05, 0) is 13.0 Å². The average Bonchev–Trinajstić information content (AvgIpc) is 2.52. The molecule has 2 aromatic rings. The second-order valence-electron chi connectivity index (χ2n) is 5.09. The van der Waals surface area contributed by atoms with E-state index in [0.29, 0.717) is 17.9 Å². The summed E-state index contributed by atoms with van der Waals surface area (Å²) in [5, 5.41) is 2.42. The van der Waals surface area contributed by atoms with Crippen LogP contribution in [-0.4, -0.2) is 45.2 Å². The third-order valence-electron chi connectivity index (χ3n) is 2.82. The lowest BCUT2D eigenvalue weighted by atomic mass is 10.3. The van der Waals surface area contributed by atoms with Crippen LogP contribution in [0.15, 0.2) is 28.1 Å². The first kappa shape index (κ1) is 19.1. The molecule has 0 aliphatic rings. The van der Waals surface area contributed by atoms with E-state index in [1.807, 2.05) is 0 Å². The number of H-pyrrole nitrogens is 1. The summed E-state index contributed by atoms with van der Waals surface area (Å²) in [5.74, 6) is 0.183. The highest BCUT2D eigenvalue weighted by Crippen LogP contribution is 2.14. The summed E-state index contributed by atoms with van der Waals surface area (Å²) in [7, 11) is 0. The van der Waals surface area contributed by atoms with E-state index < -0.39 is 18.7 Å². The number of aryl methyl sites for hydroxylation is 1. The molecule has 4 N–H and O–H groups in total. The number of aromatic nitrogens is 4.